The van der Waals surface area contributed by atoms with Gasteiger partial charge in [-0.05, 0) is 13.8 Å². The van der Waals surface area contributed by atoms with Crippen LogP contribution in [0.1, 0.15) is 13.8 Å². The van der Waals surface area contributed by atoms with E-state index in [4.69, 9.17) is 0 Å². The lowest BCUT2D eigenvalue weighted by Crippen LogP contribution is -2.61. The van der Waals surface area contributed by atoms with E-state index >= 15 is 0 Å². The normalized spacial score (nSPS) is 16.2. The molecule has 0 aliphatic rings. The Kier molecular flexibility index (Phi) is 7.99. The summed E-state index contributed by atoms with van der Waals surface area (Å²) in [6.45, 7) is 0.0192. The van der Waals surface area contributed by atoms with Gasteiger partial charge in [0.2, 0.25) is 0 Å². The molecule has 1 atom stereocenters. The number of esters is 2. The van der Waals surface area contributed by atoms with E-state index in [1.165, 1.54) is 13.8 Å². The van der Waals surface area contributed by atoms with E-state index in [2.05, 4.69) is 25.4 Å². The van der Waals surface area contributed by atoms with Gasteiger partial charge in [0.05, 0.1) is 0 Å². The van der Waals surface area contributed by atoms with Crippen molar-refractivity contribution in [1.82, 2.24) is 0 Å². The maximum Gasteiger partial charge on any atom is 0.462 e. The first-order valence-corrected chi connectivity index (χ1v) is 7.61. The lowest BCUT2D eigenvalue weighted by molar-refractivity contribution is -0.475. The molecule has 1 unspecified atom stereocenters. The zero-order valence-corrected chi connectivity index (χ0v) is 15.6. The number of carbonyl (C=O) groups is 2. The SMILES string of the molecule is CC(C)(Br)C(=O)OCCOC(=O)C(F)(OC(F)(F)C(F)(F)C(F)(F)F)C(F)(F)F. The summed E-state index contributed by atoms with van der Waals surface area (Å²) in [5, 5.41) is 0. The van der Waals surface area contributed by atoms with Gasteiger partial charge in [0.25, 0.3) is 0 Å². The van der Waals surface area contributed by atoms with E-state index in [0.29, 0.717) is 0 Å². The number of carbonyl (C=O) groups excluding carboxylic acids is 2. The van der Waals surface area contributed by atoms with Gasteiger partial charge in [0, 0.05) is 0 Å². The summed E-state index contributed by atoms with van der Waals surface area (Å²) in [5.74, 6) is -18.2. The Balaban J connectivity index is 5.44. The van der Waals surface area contributed by atoms with Gasteiger partial charge in [-0.25, -0.2) is 4.79 Å². The second-order valence-corrected chi connectivity index (χ2v) is 7.51. The third-order valence-electron chi connectivity index (χ3n) is 2.65. The van der Waals surface area contributed by atoms with Crippen molar-refractivity contribution in [2.24, 2.45) is 0 Å². The van der Waals surface area contributed by atoms with Gasteiger partial charge in [-0.2, -0.15) is 48.3 Å². The lowest BCUT2D eigenvalue weighted by atomic mass is 10.2. The van der Waals surface area contributed by atoms with E-state index in [-0.39, 0.29) is 0 Å². The Morgan fingerprint density at radius 1 is 0.724 bits per heavy atom. The largest absolute Gasteiger partial charge is 0.462 e. The number of hydrogen-bond donors (Lipinski definition) is 0. The van der Waals surface area contributed by atoms with Crippen molar-refractivity contribution in [2.45, 2.75) is 48.4 Å². The van der Waals surface area contributed by atoms with Crippen LogP contribution in [0.3, 0.4) is 0 Å². The van der Waals surface area contributed by atoms with Gasteiger partial charge in [-0.3, -0.25) is 9.53 Å². The molecule has 29 heavy (non-hydrogen) atoms. The van der Waals surface area contributed by atoms with Crippen LogP contribution in [0.5, 0.6) is 0 Å². The molecule has 0 aliphatic carbocycles. The summed E-state index contributed by atoms with van der Waals surface area (Å²) < 4.78 is 147. The molecule has 5 nitrogen and oxygen atoms in total. The first-order chi connectivity index (χ1) is 12.5. The highest BCUT2D eigenvalue weighted by Gasteiger charge is 2.80. The summed E-state index contributed by atoms with van der Waals surface area (Å²) in [4.78, 5) is 22.4. The lowest BCUT2D eigenvalue weighted by Gasteiger charge is -2.33. The molecule has 0 saturated heterocycles. The minimum Gasteiger partial charge on any atom is -0.461 e. The smallest absolute Gasteiger partial charge is 0.461 e. The molecule has 0 fully saturated rings. The molecule has 0 N–H and O–H groups in total. The topological polar surface area (TPSA) is 61.8 Å². The van der Waals surface area contributed by atoms with Crippen LogP contribution < -0.4 is 0 Å². The minimum atomic E-state index is -7.31. The maximum atomic E-state index is 13.8. The molecule has 0 rings (SSSR count). The summed E-state index contributed by atoms with van der Waals surface area (Å²) in [7, 11) is 0. The molecule has 17 heteroatoms. The summed E-state index contributed by atoms with van der Waals surface area (Å²) in [6, 6.07) is 0. The Morgan fingerprint density at radius 3 is 1.41 bits per heavy atom. The van der Waals surface area contributed by atoms with Crippen molar-refractivity contribution >= 4 is 27.9 Å². The number of rotatable bonds is 8. The van der Waals surface area contributed by atoms with Crippen LogP contribution in [0.4, 0.5) is 48.3 Å². The van der Waals surface area contributed by atoms with Crippen molar-refractivity contribution < 1.29 is 72.1 Å². The predicted octanol–water partition coefficient (Wildman–Crippen LogP) is 4.28. The van der Waals surface area contributed by atoms with Gasteiger partial charge in [0.1, 0.15) is 17.5 Å². The molecular formula is C12H10BrF11O5. The van der Waals surface area contributed by atoms with Crippen LogP contribution in [-0.4, -0.2) is 59.7 Å². The molecule has 0 aromatic carbocycles. The second kappa shape index (κ2) is 8.39. The summed E-state index contributed by atoms with van der Waals surface area (Å²) in [5.41, 5.74) is 0. The standard InChI is InChI=1S/C12H10BrF11O5/c1-7(2,13)5(25)27-3-4-28-6(26)8(14,10(17,18)19)29-12(23,24)9(15,16)11(20,21)22/h3-4H2,1-2H3. The van der Waals surface area contributed by atoms with E-state index in [9.17, 15) is 57.9 Å². The molecule has 0 aromatic rings. The second-order valence-electron chi connectivity index (χ2n) is 5.53. The molecule has 0 aromatic heterocycles. The molecule has 0 heterocycles. The van der Waals surface area contributed by atoms with Crippen LogP contribution in [0, 0.1) is 0 Å². The zero-order valence-electron chi connectivity index (χ0n) is 14.0. The number of ether oxygens (including phenoxy) is 3. The van der Waals surface area contributed by atoms with Crippen LogP contribution in [-0.2, 0) is 23.8 Å². The van der Waals surface area contributed by atoms with Gasteiger partial charge < -0.3 is 9.47 Å². The zero-order chi connectivity index (χ0) is 23.7. The molecular weight excluding hydrogens is 513 g/mol. The average Bonchev–Trinajstić information content (AvgIpc) is 2.46. The van der Waals surface area contributed by atoms with Gasteiger partial charge in [-0.1, -0.05) is 15.9 Å². The van der Waals surface area contributed by atoms with Crippen LogP contribution in [0.15, 0.2) is 0 Å². The van der Waals surface area contributed by atoms with Crippen molar-refractivity contribution in [3.63, 3.8) is 0 Å². The fourth-order valence-electron chi connectivity index (χ4n) is 1.15. The maximum absolute atomic E-state index is 13.8. The highest BCUT2D eigenvalue weighted by atomic mass is 79.9. The molecule has 0 aliphatic heterocycles. The third kappa shape index (κ3) is 6.29. The van der Waals surface area contributed by atoms with Gasteiger partial charge in [-0.15, -0.1) is 0 Å². The molecule has 0 saturated carbocycles. The number of halogens is 12. The quantitative estimate of drug-likeness (QED) is 0.206. The van der Waals surface area contributed by atoms with E-state index in [0.717, 1.165) is 0 Å². The van der Waals surface area contributed by atoms with Crippen molar-refractivity contribution in [1.29, 1.82) is 0 Å². The van der Waals surface area contributed by atoms with E-state index in [1.54, 1.807) is 0 Å². The van der Waals surface area contributed by atoms with E-state index < -0.39 is 59.7 Å². The predicted molar refractivity (Wildman–Crippen MR) is 71.9 cm³/mol. The molecule has 0 bridgehead atoms. The fraction of sp³-hybridized carbons (Fsp3) is 0.833. The first kappa shape index (κ1) is 27.6. The van der Waals surface area contributed by atoms with Crippen LogP contribution in [0.2, 0.25) is 0 Å². The van der Waals surface area contributed by atoms with Crippen LogP contribution in [0.25, 0.3) is 0 Å². The minimum absolute atomic E-state index is 1.05. The highest BCUT2D eigenvalue weighted by Crippen LogP contribution is 2.51. The third-order valence-corrected chi connectivity index (χ3v) is 2.98. The molecule has 0 amide bonds. The number of alkyl halides is 12. The van der Waals surface area contributed by atoms with Crippen molar-refractivity contribution in [2.75, 3.05) is 13.2 Å². The van der Waals surface area contributed by atoms with E-state index in [1.807, 2.05) is 4.74 Å². The Bertz CT molecular complexity index is 611. The molecule has 0 radical (unpaired) electrons. The monoisotopic (exact) mass is 522 g/mol. The molecule has 172 valence electrons. The Morgan fingerprint density at radius 2 is 1.10 bits per heavy atom. The highest BCUT2D eigenvalue weighted by molar-refractivity contribution is 9.10. The van der Waals surface area contributed by atoms with Crippen molar-refractivity contribution in [3.05, 3.63) is 0 Å². The Labute approximate surface area is 162 Å². The Hall–Kier alpha value is -1.39. The summed E-state index contributed by atoms with van der Waals surface area (Å²) in [6.07, 6.45) is -21.2. The van der Waals surface area contributed by atoms with Crippen molar-refractivity contribution in [3.8, 4) is 0 Å². The van der Waals surface area contributed by atoms with Gasteiger partial charge >= 0.3 is 42.2 Å². The van der Waals surface area contributed by atoms with Crippen LogP contribution >= 0.6 is 15.9 Å². The summed E-state index contributed by atoms with van der Waals surface area (Å²) >= 11 is 2.79. The first-order valence-electron chi connectivity index (χ1n) is 6.82. The average molecular weight is 523 g/mol. The fourth-order valence-corrected chi connectivity index (χ4v) is 1.27. The van der Waals surface area contributed by atoms with Gasteiger partial charge in [0.15, 0.2) is 0 Å². The number of hydrogen-bond acceptors (Lipinski definition) is 5. The molecule has 0 spiro atoms.